The van der Waals surface area contributed by atoms with Crippen molar-refractivity contribution in [3.63, 3.8) is 0 Å². The Morgan fingerprint density at radius 2 is 2.20 bits per heavy atom. The van der Waals surface area contributed by atoms with Gasteiger partial charge in [-0.25, -0.2) is 0 Å². The van der Waals surface area contributed by atoms with Gasteiger partial charge >= 0.3 is 6.18 Å². The number of hydrogen-bond donors (Lipinski definition) is 1. The van der Waals surface area contributed by atoms with Crippen LogP contribution in [-0.2, 0) is 10.9 Å². The summed E-state index contributed by atoms with van der Waals surface area (Å²) < 4.78 is 43.9. The molecular weight excluding hydrogens is 267 g/mol. The van der Waals surface area contributed by atoms with Crippen molar-refractivity contribution in [2.75, 3.05) is 13.2 Å². The van der Waals surface area contributed by atoms with E-state index in [2.05, 4.69) is 5.32 Å². The molecule has 0 aliphatic carbocycles. The predicted molar refractivity (Wildman–Crippen MR) is 71.5 cm³/mol. The highest BCUT2D eigenvalue weighted by Gasteiger charge is 2.31. The van der Waals surface area contributed by atoms with Gasteiger partial charge in [-0.05, 0) is 43.5 Å². The van der Waals surface area contributed by atoms with E-state index in [1.54, 1.807) is 6.07 Å². The smallest absolute Gasteiger partial charge is 0.378 e. The predicted octanol–water partition coefficient (Wildman–Crippen LogP) is 3.93. The number of rotatable bonds is 5. The SMILES string of the molecule is CCNC(CC1CCCO1)c1cccc(C(F)(F)F)c1. The van der Waals surface area contributed by atoms with Gasteiger partial charge in [0.15, 0.2) is 0 Å². The summed E-state index contributed by atoms with van der Waals surface area (Å²) >= 11 is 0. The van der Waals surface area contributed by atoms with Gasteiger partial charge in [-0.2, -0.15) is 13.2 Å². The zero-order chi connectivity index (χ0) is 14.6. The topological polar surface area (TPSA) is 21.3 Å². The van der Waals surface area contributed by atoms with Crippen molar-refractivity contribution in [1.82, 2.24) is 5.32 Å². The molecule has 2 atom stereocenters. The molecule has 1 aliphatic rings. The van der Waals surface area contributed by atoms with Crippen molar-refractivity contribution in [1.29, 1.82) is 0 Å². The fraction of sp³-hybridized carbons (Fsp3) is 0.600. The van der Waals surface area contributed by atoms with Crippen molar-refractivity contribution >= 4 is 0 Å². The van der Waals surface area contributed by atoms with Crippen LogP contribution in [0, 0.1) is 0 Å². The Balaban J connectivity index is 2.15. The second kappa shape index (κ2) is 6.59. The number of benzene rings is 1. The van der Waals surface area contributed by atoms with Gasteiger partial charge in [0.05, 0.1) is 11.7 Å². The molecule has 1 N–H and O–H groups in total. The molecule has 1 saturated heterocycles. The van der Waals surface area contributed by atoms with Gasteiger partial charge in [0.25, 0.3) is 0 Å². The summed E-state index contributed by atoms with van der Waals surface area (Å²) in [5.41, 5.74) is 0.0856. The van der Waals surface area contributed by atoms with Crippen LogP contribution in [0.15, 0.2) is 24.3 Å². The van der Waals surface area contributed by atoms with Crippen molar-refractivity contribution in [3.8, 4) is 0 Å². The number of alkyl halides is 3. The van der Waals surface area contributed by atoms with E-state index in [-0.39, 0.29) is 12.1 Å². The summed E-state index contributed by atoms with van der Waals surface area (Å²) in [5, 5.41) is 3.26. The number of hydrogen-bond acceptors (Lipinski definition) is 2. The summed E-state index contributed by atoms with van der Waals surface area (Å²) in [6, 6.07) is 5.47. The molecule has 0 aromatic heterocycles. The van der Waals surface area contributed by atoms with E-state index in [4.69, 9.17) is 4.74 Å². The maximum absolute atomic E-state index is 12.8. The third-order valence-corrected chi connectivity index (χ3v) is 3.59. The minimum absolute atomic E-state index is 0.0922. The van der Waals surface area contributed by atoms with Gasteiger partial charge < -0.3 is 10.1 Å². The quantitative estimate of drug-likeness (QED) is 0.886. The van der Waals surface area contributed by atoms with E-state index in [0.29, 0.717) is 12.1 Å². The lowest BCUT2D eigenvalue weighted by atomic mass is 9.97. The van der Waals surface area contributed by atoms with Crippen molar-refractivity contribution in [2.24, 2.45) is 0 Å². The maximum Gasteiger partial charge on any atom is 0.416 e. The first-order valence-electron chi connectivity index (χ1n) is 7.03. The van der Waals surface area contributed by atoms with Gasteiger partial charge in [0.1, 0.15) is 0 Å². The van der Waals surface area contributed by atoms with Gasteiger partial charge in [-0.1, -0.05) is 19.1 Å². The van der Waals surface area contributed by atoms with Crippen molar-refractivity contribution in [3.05, 3.63) is 35.4 Å². The minimum Gasteiger partial charge on any atom is -0.378 e. The average molecular weight is 287 g/mol. The molecule has 2 nitrogen and oxygen atoms in total. The molecule has 5 heteroatoms. The third-order valence-electron chi connectivity index (χ3n) is 3.59. The molecule has 1 aliphatic heterocycles. The summed E-state index contributed by atoms with van der Waals surface area (Å²) in [5.74, 6) is 0. The Hall–Kier alpha value is -1.07. The third kappa shape index (κ3) is 3.96. The lowest BCUT2D eigenvalue weighted by molar-refractivity contribution is -0.137. The molecule has 0 radical (unpaired) electrons. The maximum atomic E-state index is 12.8. The molecular formula is C15H20F3NO. The molecule has 0 spiro atoms. The van der Waals surface area contributed by atoms with Crippen LogP contribution in [0.1, 0.15) is 43.4 Å². The second-order valence-corrected chi connectivity index (χ2v) is 5.10. The van der Waals surface area contributed by atoms with Gasteiger partial charge in [-0.3, -0.25) is 0 Å². The highest BCUT2D eigenvalue weighted by molar-refractivity contribution is 5.28. The van der Waals surface area contributed by atoms with E-state index in [9.17, 15) is 13.2 Å². The Labute approximate surface area is 117 Å². The van der Waals surface area contributed by atoms with Crippen LogP contribution in [-0.4, -0.2) is 19.3 Å². The van der Waals surface area contributed by atoms with Crippen LogP contribution in [0.2, 0.25) is 0 Å². The minimum atomic E-state index is -4.30. The van der Waals surface area contributed by atoms with Gasteiger partial charge in [0, 0.05) is 12.6 Å². The van der Waals surface area contributed by atoms with Crippen LogP contribution < -0.4 is 5.32 Å². The largest absolute Gasteiger partial charge is 0.416 e. The zero-order valence-electron chi connectivity index (χ0n) is 11.5. The Bertz CT molecular complexity index is 427. The molecule has 2 unspecified atom stereocenters. The molecule has 112 valence electrons. The van der Waals surface area contributed by atoms with Crippen LogP contribution in [0.5, 0.6) is 0 Å². The fourth-order valence-electron chi connectivity index (χ4n) is 2.61. The van der Waals surface area contributed by atoms with Crippen LogP contribution in [0.3, 0.4) is 0 Å². The first kappa shape index (κ1) is 15.3. The zero-order valence-corrected chi connectivity index (χ0v) is 11.5. The van der Waals surface area contributed by atoms with E-state index >= 15 is 0 Å². The molecule has 0 amide bonds. The molecule has 1 heterocycles. The van der Waals surface area contributed by atoms with Crippen LogP contribution in [0.4, 0.5) is 13.2 Å². The lowest BCUT2D eigenvalue weighted by Crippen LogP contribution is -2.25. The van der Waals surface area contributed by atoms with E-state index in [0.717, 1.165) is 31.9 Å². The molecule has 1 fully saturated rings. The number of ether oxygens (including phenoxy) is 1. The van der Waals surface area contributed by atoms with E-state index in [1.165, 1.54) is 12.1 Å². The highest BCUT2D eigenvalue weighted by Crippen LogP contribution is 2.32. The molecule has 2 rings (SSSR count). The molecule has 20 heavy (non-hydrogen) atoms. The van der Waals surface area contributed by atoms with Crippen LogP contribution >= 0.6 is 0 Å². The monoisotopic (exact) mass is 287 g/mol. The summed E-state index contributed by atoms with van der Waals surface area (Å²) in [4.78, 5) is 0. The number of nitrogens with one attached hydrogen (secondary N) is 1. The summed E-state index contributed by atoms with van der Waals surface area (Å²) in [7, 11) is 0. The Morgan fingerprint density at radius 3 is 2.80 bits per heavy atom. The average Bonchev–Trinajstić information content (AvgIpc) is 2.90. The lowest BCUT2D eigenvalue weighted by Gasteiger charge is -2.22. The molecule has 0 saturated carbocycles. The Morgan fingerprint density at radius 1 is 1.40 bits per heavy atom. The van der Waals surface area contributed by atoms with E-state index < -0.39 is 11.7 Å². The summed E-state index contributed by atoms with van der Waals surface area (Å²) in [6.07, 6.45) is -1.41. The standard InChI is InChI=1S/C15H20F3NO/c1-2-19-14(10-13-7-4-8-20-13)11-5-3-6-12(9-11)15(16,17)18/h3,5-6,9,13-14,19H,2,4,7-8,10H2,1H3. The van der Waals surface area contributed by atoms with Crippen LogP contribution in [0.25, 0.3) is 0 Å². The van der Waals surface area contributed by atoms with Gasteiger partial charge in [0.2, 0.25) is 0 Å². The highest BCUT2D eigenvalue weighted by atomic mass is 19.4. The number of halogens is 3. The molecule has 1 aromatic rings. The summed E-state index contributed by atoms with van der Waals surface area (Å²) in [6.45, 7) is 3.43. The second-order valence-electron chi connectivity index (χ2n) is 5.10. The molecule has 0 bridgehead atoms. The first-order chi connectivity index (χ1) is 9.50. The van der Waals surface area contributed by atoms with Crippen molar-refractivity contribution in [2.45, 2.75) is 44.5 Å². The van der Waals surface area contributed by atoms with E-state index in [1.807, 2.05) is 6.92 Å². The van der Waals surface area contributed by atoms with Crippen molar-refractivity contribution < 1.29 is 17.9 Å². The first-order valence-corrected chi connectivity index (χ1v) is 7.03. The fourth-order valence-corrected chi connectivity index (χ4v) is 2.61. The molecule has 1 aromatic carbocycles. The Kier molecular flexibility index (Phi) is 5.05. The normalized spacial score (nSPS) is 21.1. The van der Waals surface area contributed by atoms with Gasteiger partial charge in [-0.15, -0.1) is 0 Å².